The molecule has 1 aromatic rings. The number of aromatic nitrogens is 1. The third-order valence-corrected chi connectivity index (χ3v) is 3.50. The van der Waals surface area contributed by atoms with Gasteiger partial charge in [0.1, 0.15) is 0 Å². The lowest BCUT2D eigenvalue weighted by molar-refractivity contribution is -0.384. The van der Waals surface area contributed by atoms with E-state index < -0.39 is 0 Å². The Morgan fingerprint density at radius 2 is 2.42 bits per heavy atom. The van der Waals surface area contributed by atoms with Gasteiger partial charge in [-0.2, -0.15) is 0 Å². The van der Waals surface area contributed by atoms with Gasteiger partial charge in [0.15, 0.2) is 0 Å². The maximum absolute atomic E-state index is 11.3. The van der Waals surface area contributed by atoms with E-state index in [1.807, 2.05) is 0 Å². The summed E-state index contributed by atoms with van der Waals surface area (Å²) < 4.78 is 0. The largest absolute Gasteiger partial charge is 0.347 e. The summed E-state index contributed by atoms with van der Waals surface area (Å²) in [6.45, 7) is 6.47. The van der Waals surface area contributed by atoms with E-state index in [1.54, 1.807) is 19.2 Å². The predicted molar refractivity (Wildman–Crippen MR) is 74.5 cm³/mol. The molecule has 0 bridgehead atoms. The van der Waals surface area contributed by atoms with Gasteiger partial charge < -0.3 is 10.2 Å². The SMILES string of the molecule is CCCN(c1nccc(C)c1[N+](=O)[O-])C1CCNC1. The standard InChI is InChI=1S/C13H20N4O2/c1-3-8-16(11-5-6-14-9-11)13-12(17(18)19)10(2)4-7-15-13/h4,7,11,14H,3,5-6,8-9H2,1-2H3. The Morgan fingerprint density at radius 1 is 1.63 bits per heavy atom. The van der Waals surface area contributed by atoms with Gasteiger partial charge in [0.25, 0.3) is 0 Å². The summed E-state index contributed by atoms with van der Waals surface area (Å²) in [5, 5.41) is 14.6. The van der Waals surface area contributed by atoms with Crippen LogP contribution in [-0.2, 0) is 0 Å². The van der Waals surface area contributed by atoms with Crippen molar-refractivity contribution >= 4 is 11.5 Å². The highest BCUT2D eigenvalue weighted by Gasteiger charge is 2.29. The molecule has 1 N–H and O–H groups in total. The van der Waals surface area contributed by atoms with Crippen molar-refractivity contribution in [1.82, 2.24) is 10.3 Å². The Hall–Kier alpha value is -1.69. The summed E-state index contributed by atoms with van der Waals surface area (Å²) in [6.07, 6.45) is 3.61. The molecule has 1 aliphatic heterocycles. The lowest BCUT2D eigenvalue weighted by Crippen LogP contribution is -2.38. The third kappa shape index (κ3) is 2.84. The quantitative estimate of drug-likeness (QED) is 0.649. The lowest BCUT2D eigenvalue weighted by Gasteiger charge is -2.29. The first-order valence-corrected chi connectivity index (χ1v) is 6.72. The molecule has 0 amide bonds. The molecule has 19 heavy (non-hydrogen) atoms. The summed E-state index contributed by atoms with van der Waals surface area (Å²) in [7, 11) is 0. The maximum atomic E-state index is 11.3. The molecule has 0 saturated carbocycles. The van der Waals surface area contributed by atoms with E-state index >= 15 is 0 Å². The summed E-state index contributed by atoms with van der Waals surface area (Å²) in [6, 6.07) is 1.99. The van der Waals surface area contributed by atoms with Gasteiger partial charge in [0.2, 0.25) is 5.82 Å². The Morgan fingerprint density at radius 3 is 3.00 bits per heavy atom. The number of rotatable bonds is 5. The minimum absolute atomic E-state index is 0.142. The van der Waals surface area contributed by atoms with Crippen molar-refractivity contribution < 1.29 is 4.92 Å². The van der Waals surface area contributed by atoms with Crippen molar-refractivity contribution in [2.45, 2.75) is 32.7 Å². The van der Waals surface area contributed by atoms with Crippen molar-refractivity contribution in [1.29, 1.82) is 0 Å². The molecule has 104 valence electrons. The molecule has 0 radical (unpaired) electrons. The maximum Gasteiger partial charge on any atom is 0.314 e. The summed E-state index contributed by atoms with van der Waals surface area (Å²) in [4.78, 5) is 17.3. The summed E-state index contributed by atoms with van der Waals surface area (Å²) in [5.41, 5.74) is 0.810. The molecule has 6 nitrogen and oxygen atoms in total. The Balaban J connectivity index is 2.40. The van der Waals surface area contributed by atoms with E-state index in [0.717, 1.165) is 32.5 Å². The zero-order valence-electron chi connectivity index (χ0n) is 11.4. The number of hydrogen-bond acceptors (Lipinski definition) is 5. The average Bonchev–Trinajstić information content (AvgIpc) is 2.88. The van der Waals surface area contributed by atoms with Crippen molar-refractivity contribution in [2.75, 3.05) is 24.5 Å². The van der Waals surface area contributed by atoms with Crippen molar-refractivity contribution in [3.63, 3.8) is 0 Å². The minimum Gasteiger partial charge on any atom is -0.347 e. The highest BCUT2D eigenvalue weighted by atomic mass is 16.6. The molecule has 0 aromatic carbocycles. The van der Waals surface area contributed by atoms with E-state index in [0.29, 0.717) is 17.4 Å². The number of nitrogens with one attached hydrogen (secondary N) is 1. The highest BCUT2D eigenvalue weighted by Crippen LogP contribution is 2.31. The second-order valence-electron chi connectivity index (χ2n) is 4.90. The van der Waals surface area contributed by atoms with Crippen molar-refractivity contribution in [3.8, 4) is 0 Å². The molecule has 1 aliphatic rings. The molecule has 0 aliphatic carbocycles. The van der Waals surface area contributed by atoms with Gasteiger partial charge >= 0.3 is 5.69 Å². The van der Waals surface area contributed by atoms with E-state index in [1.165, 1.54) is 0 Å². The zero-order valence-corrected chi connectivity index (χ0v) is 11.4. The monoisotopic (exact) mass is 264 g/mol. The number of anilines is 1. The molecule has 6 heteroatoms. The number of hydrogen-bond donors (Lipinski definition) is 1. The van der Waals surface area contributed by atoms with Gasteiger partial charge in [-0.3, -0.25) is 10.1 Å². The Bertz CT molecular complexity index is 458. The second-order valence-corrected chi connectivity index (χ2v) is 4.90. The topological polar surface area (TPSA) is 71.3 Å². The van der Waals surface area contributed by atoms with E-state index in [4.69, 9.17) is 0 Å². The van der Waals surface area contributed by atoms with Crippen LogP contribution in [0.15, 0.2) is 12.3 Å². The molecule has 2 rings (SSSR count). The molecule has 1 atom stereocenters. The van der Waals surface area contributed by atoms with Crippen molar-refractivity contribution in [2.24, 2.45) is 0 Å². The first-order chi connectivity index (χ1) is 9.15. The van der Waals surface area contributed by atoms with Gasteiger partial charge in [0.05, 0.1) is 4.92 Å². The average molecular weight is 264 g/mol. The van der Waals surface area contributed by atoms with Crippen LogP contribution in [0, 0.1) is 17.0 Å². The van der Waals surface area contributed by atoms with Gasteiger partial charge in [-0.25, -0.2) is 4.98 Å². The Kier molecular flexibility index (Phi) is 4.31. The second kappa shape index (κ2) is 5.97. The lowest BCUT2D eigenvalue weighted by atomic mass is 10.1. The number of aryl methyl sites for hydroxylation is 1. The third-order valence-electron chi connectivity index (χ3n) is 3.50. The predicted octanol–water partition coefficient (Wildman–Crippen LogP) is 1.88. The van der Waals surface area contributed by atoms with Crippen LogP contribution in [-0.4, -0.2) is 35.6 Å². The smallest absolute Gasteiger partial charge is 0.314 e. The van der Waals surface area contributed by atoms with E-state index in [9.17, 15) is 10.1 Å². The molecule has 1 fully saturated rings. The zero-order chi connectivity index (χ0) is 13.8. The fraction of sp³-hybridized carbons (Fsp3) is 0.615. The van der Waals surface area contributed by atoms with E-state index in [2.05, 4.69) is 22.1 Å². The fourth-order valence-electron chi connectivity index (χ4n) is 2.58. The molecule has 1 aromatic heterocycles. The summed E-state index contributed by atoms with van der Waals surface area (Å²) in [5.74, 6) is 0.514. The van der Waals surface area contributed by atoms with Crippen LogP contribution < -0.4 is 10.2 Å². The van der Waals surface area contributed by atoms with Crippen LogP contribution in [0.5, 0.6) is 0 Å². The number of nitrogens with zero attached hydrogens (tertiary/aromatic N) is 3. The van der Waals surface area contributed by atoms with Gasteiger partial charge in [0, 0.05) is 30.9 Å². The molecular weight excluding hydrogens is 244 g/mol. The Labute approximate surface area is 113 Å². The first kappa shape index (κ1) is 13.7. The number of pyridine rings is 1. The van der Waals surface area contributed by atoms with Crippen LogP contribution in [0.3, 0.4) is 0 Å². The molecular formula is C13H20N4O2. The van der Waals surface area contributed by atoms with Gasteiger partial charge in [-0.15, -0.1) is 0 Å². The van der Waals surface area contributed by atoms with Gasteiger partial charge in [-0.1, -0.05) is 6.92 Å². The molecule has 1 saturated heterocycles. The molecule has 0 spiro atoms. The van der Waals surface area contributed by atoms with Crippen LogP contribution in [0.25, 0.3) is 0 Å². The first-order valence-electron chi connectivity index (χ1n) is 6.72. The van der Waals surface area contributed by atoms with Crippen LogP contribution in [0.4, 0.5) is 11.5 Å². The molecule has 2 heterocycles. The van der Waals surface area contributed by atoms with E-state index in [-0.39, 0.29) is 10.6 Å². The van der Waals surface area contributed by atoms with Crippen molar-refractivity contribution in [3.05, 3.63) is 27.9 Å². The normalized spacial score (nSPS) is 18.5. The van der Waals surface area contributed by atoms with Crippen LogP contribution in [0.2, 0.25) is 0 Å². The van der Waals surface area contributed by atoms with Crippen LogP contribution >= 0.6 is 0 Å². The van der Waals surface area contributed by atoms with Gasteiger partial charge in [-0.05, 0) is 32.4 Å². The molecule has 1 unspecified atom stereocenters. The minimum atomic E-state index is -0.317. The highest BCUT2D eigenvalue weighted by molar-refractivity contribution is 5.62. The fourth-order valence-corrected chi connectivity index (χ4v) is 2.58. The number of nitro groups is 1. The summed E-state index contributed by atoms with van der Waals surface area (Å²) >= 11 is 0. The van der Waals surface area contributed by atoms with Crippen LogP contribution in [0.1, 0.15) is 25.3 Å².